The number of hydrogen-bond acceptors (Lipinski definition) is 3. The average Bonchev–Trinajstić information content (AvgIpc) is 2.95. The van der Waals surface area contributed by atoms with Gasteiger partial charge in [0.05, 0.1) is 6.04 Å². The molecule has 26 heavy (non-hydrogen) atoms. The van der Waals surface area contributed by atoms with Crippen LogP contribution in [0.2, 0.25) is 0 Å². The molecule has 4 heteroatoms. The van der Waals surface area contributed by atoms with Crippen LogP contribution in [0.25, 0.3) is 0 Å². The van der Waals surface area contributed by atoms with Gasteiger partial charge in [0.25, 0.3) is 0 Å². The van der Waals surface area contributed by atoms with Crippen LogP contribution in [0, 0.1) is 5.92 Å². The zero-order chi connectivity index (χ0) is 18.7. The minimum absolute atomic E-state index is 0.0690. The number of benzene rings is 2. The van der Waals surface area contributed by atoms with Crippen LogP contribution in [0.3, 0.4) is 0 Å². The van der Waals surface area contributed by atoms with Gasteiger partial charge in [0.15, 0.2) is 0 Å². The molecule has 3 rings (SSSR count). The minimum Gasteiger partial charge on any atom is -0.439 e. The van der Waals surface area contributed by atoms with Crippen molar-refractivity contribution in [1.29, 1.82) is 0 Å². The normalized spacial score (nSPS) is 20.9. The Labute approximate surface area is 154 Å². The van der Waals surface area contributed by atoms with Gasteiger partial charge < -0.3 is 4.74 Å². The lowest BCUT2D eigenvalue weighted by Gasteiger charge is -2.25. The summed E-state index contributed by atoms with van der Waals surface area (Å²) in [6, 6.07) is 19.3. The van der Waals surface area contributed by atoms with Crippen LogP contribution >= 0.6 is 0 Å². The molecule has 0 spiro atoms. The first-order valence-electron chi connectivity index (χ1n) is 9.11. The number of cyclic esters (lactones) is 1. The van der Waals surface area contributed by atoms with Gasteiger partial charge in [-0.25, -0.2) is 9.69 Å². The molecule has 0 aliphatic carbocycles. The van der Waals surface area contributed by atoms with Crippen LogP contribution in [-0.4, -0.2) is 22.9 Å². The van der Waals surface area contributed by atoms with Crippen LogP contribution < -0.4 is 0 Å². The first-order valence-corrected chi connectivity index (χ1v) is 9.11. The molecule has 2 amide bonds. The molecule has 0 radical (unpaired) electrons. The van der Waals surface area contributed by atoms with Crippen LogP contribution in [0.5, 0.6) is 0 Å². The van der Waals surface area contributed by atoms with E-state index in [2.05, 4.69) is 13.8 Å². The van der Waals surface area contributed by atoms with Gasteiger partial charge in [-0.05, 0) is 29.9 Å². The second kappa shape index (κ2) is 7.73. The molecule has 136 valence electrons. The Balaban J connectivity index is 1.77. The second-order valence-corrected chi connectivity index (χ2v) is 7.18. The van der Waals surface area contributed by atoms with Crippen molar-refractivity contribution in [3.05, 3.63) is 71.8 Å². The lowest BCUT2D eigenvalue weighted by atomic mass is 9.85. The van der Waals surface area contributed by atoms with Crippen molar-refractivity contribution in [1.82, 2.24) is 4.90 Å². The number of nitrogens with zero attached hydrogens (tertiary/aromatic N) is 1. The van der Waals surface area contributed by atoms with Gasteiger partial charge in [0.1, 0.15) is 6.10 Å². The topological polar surface area (TPSA) is 46.6 Å². The summed E-state index contributed by atoms with van der Waals surface area (Å²) < 4.78 is 5.51. The molecule has 0 unspecified atom stereocenters. The summed E-state index contributed by atoms with van der Waals surface area (Å²) in [5.41, 5.74) is 2.03. The van der Waals surface area contributed by atoms with Gasteiger partial charge in [0.2, 0.25) is 5.91 Å². The highest BCUT2D eigenvalue weighted by atomic mass is 16.6. The van der Waals surface area contributed by atoms with Crippen molar-refractivity contribution in [2.75, 3.05) is 0 Å². The Morgan fingerprint density at radius 2 is 1.62 bits per heavy atom. The zero-order valence-electron chi connectivity index (χ0n) is 15.5. The fraction of sp³-hybridized carbons (Fsp3) is 0.364. The van der Waals surface area contributed by atoms with Crippen molar-refractivity contribution < 1.29 is 14.3 Å². The van der Waals surface area contributed by atoms with Crippen LogP contribution in [0.15, 0.2) is 60.7 Å². The zero-order valence-corrected chi connectivity index (χ0v) is 15.5. The minimum atomic E-state index is -0.549. The molecule has 1 fully saturated rings. The predicted octanol–water partition coefficient (Wildman–Crippen LogP) is 4.92. The number of ether oxygens (including phenoxy) is 1. The molecular formula is C22H25NO3. The number of carbonyl (C=O) groups is 2. The molecule has 2 aromatic carbocycles. The van der Waals surface area contributed by atoms with Gasteiger partial charge in [-0.2, -0.15) is 0 Å². The molecular weight excluding hydrogens is 326 g/mol. The first-order chi connectivity index (χ1) is 12.5. The number of imide groups is 1. The number of amides is 2. The van der Waals surface area contributed by atoms with E-state index in [-0.39, 0.29) is 17.9 Å². The van der Waals surface area contributed by atoms with Crippen LogP contribution in [0.1, 0.15) is 50.3 Å². The molecule has 1 saturated heterocycles. The Morgan fingerprint density at radius 1 is 1.04 bits per heavy atom. The highest BCUT2D eigenvalue weighted by Crippen LogP contribution is 2.35. The summed E-state index contributed by atoms with van der Waals surface area (Å²) in [5, 5.41) is 0. The molecule has 0 bridgehead atoms. The fourth-order valence-electron chi connectivity index (χ4n) is 3.61. The molecule has 4 nitrogen and oxygen atoms in total. The standard InChI is InChI=1S/C22H25NO3/c1-15(2)19(17-10-6-4-7-11-17)14-20(24)23-16(3)21(26-22(23)25)18-12-8-5-9-13-18/h4-13,15-16,19,21H,14H2,1-3H3/t16-,19+,21-/m0/s1. The van der Waals surface area contributed by atoms with Gasteiger partial charge in [0, 0.05) is 6.42 Å². The van der Waals surface area contributed by atoms with E-state index in [0.717, 1.165) is 11.1 Å². The van der Waals surface area contributed by atoms with Gasteiger partial charge >= 0.3 is 6.09 Å². The van der Waals surface area contributed by atoms with E-state index in [9.17, 15) is 9.59 Å². The smallest absolute Gasteiger partial charge is 0.417 e. The third-order valence-corrected chi connectivity index (χ3v) is 5.09. The maximum Gasteiger partial charge on any atom is 0.417 e. The summed E-state index contributed by atoms with van der Waals surface area (Å²) >= 11 is 0. The molecule has 1 aliphatic heterocycles. The summed E-state index contributed by atoms with van der Waals surface area (Å²) in [4.78, 5) is 26.6. The van der Waals surface area contributed by atoms with E-state index in [4.69, 9.17) is 4.74 Å². The van der Waals surface area contributed by atoms with Crippen molar-refractivity contribution >= 4 is 12.0 Å². The SMILES string of the molecule is CC(C)[C@@H](CC(=O)N1C(=O)O[C@H](c2ccccc2)[C@@H]1C)c1ccccc1. The molecule has 1 heterocycles. The summed E-state index contributed by atoms with van der Waals surface area (Å²) in [5.74, 6) is 0.183. The number of rotatable bonds is 5. The van der Waals surface area contributed by atoms with Crippen LogP contribution in [0.4, 0.5) is 4.79 Å². The van der Waals surface area contributed by atoms with Crippen molar-refractivity contribution in [2.45, 2.75) is 45.3 Å². The molecule has 0 saturated carbocycles. The third-order valence-electron chi connectivity index (χ3n) is 5.09. The average molecular weight is 351 g/mol. The highest BCUT2D eigenvalue weighted by Gasteiger charge is 2.43. The lowest BCUT2D eigenvalue weighted by molar-refractivity contribution is -0.129. The number of hydrogen-bond donors (Lipinski definition) is 0. The lowest BCUT2D eigenvalue weighted by Crippen LogP contribution is -2.38. The highest BCUT2D eigenvalue weighted by molar-refractivity contribution is 5.94. The maximum absolute atomic E-state index is 13.0. The summed E-state index contributed by atoms with van der Waals surface area (Å²) in [6.07, 6.45) is -0.670. The predicted molar refractivity (Wildman–Crippen MR) is 101 cm³/mol. The van der Waals surface area contributed by atoms with Crippen molar-refractivity contribution in [2.24, 2.45) is 5.92 Å². The second-order valence-electron chi connectivity index (χ2n) is 7.18. The molecule has 0 aromatic heterocycles. The van der Waals surface area contributed by atoms with Crippen molar-refractivity contribution in [3.8, 4) is 0 Å². The largest absolute Gasteiger partial charge is 0.439 e. The molecule has 2 aromatic rings. The summed E-state index contributed by atoms with van der Waals surface area (Å²) in [6.45, 7) is 6.07. The molecule has 1 aliphatic rings. The molecule has 0 N–H and O–H groups in total. The quantitative estimate of drug-likeness (QED) is 0.768. The molecule has 3 atom stereocenters. The van der Waals surface area contributed by atoms with Gasteiger partial charge in [-0.15, -0.1) is 0 Å². The Kier molecular flexibility index (Phi) is 5.40. The van der Waals surface area contributed by atoms with E-state index in [0.29, 0.717) is 12.3 Å². The fourth-order valence-corrected chi connectivity index (χ4v) is 3.61. The number of carbonyl (C=O) groups excluding carboxylic acids is 2. The van der Waals surface area contributed by atoms with Crippen LogP contribution in [-0.2, 0) is 9.53 Å². The maximum atomic E-state index is 13.0. The van der Waals surface area contributed by atoms with Crippen molar-refractivity contribution in [3.63, 3.8) is 0 Å². The van der Waals surface area contributed by atoms with E-state index >= 15 is 0 Å². The monoisotopic (exact) mass is 351 g/mol. The van der Waals surface area contributed by atoms with E-state index in [1.165, 1.54) is 4.90 Å². The Hall–Kier alpha value is -2.62. The van der Waals surface area contributed by atoms with Gasteiger partial charge in [-0.1, -0.05) is 74.5 Å². The van der Waals surface area contributed by atoms with E-state index < -0.39 is 12.2 Å². The Bertz CT molecular complexity index is 757. The summed E-state index contributed by atoms with van der Waals surface area (Å²) in [7, 11) is 0. The van der Waals surface area contributed by atoms with E-state index in [1.807, 2.05) is 67.6 Å². The first kappa shape index (κ1) is 18.2. The van der Waals surface area contributed by atoms with E-state index in [1.54, 1.807) is 0 Å². The third kappa shape index (κ3) is 3.64. The Morgan fingerprint density at radius 3 is 2.19 bits per heavy atom. The van der Waals surface area contributed by atoms with Gasteiger partial charge in [-0.3, -0.25) is 4.79 Å².